The van der Waals surface area contributed by atoms with Crippen molar-refractivity contribution in [1.82, 2.24) is 4.90 Å². The Balaban J connectivity index is 1.49. The zero-order valence-electron chi connectivity index (χ0n) is 21.7. The fourth-order valence-electron chi connectivity index (χ4n) is 3.78. The molecule has 0 radical (unpaired) electrons. The third kappa shape index (κ3) is 6.73. The van der Waals surface area contributed by atoms with Crippen LogP contribution in [0.15, 0.2) is 76.5 Å². The van der Waals surface area contributed by atoms with Crippen LogP contribution in [0.5, 0.6) is 11.5 Å². The van der Waals surface area contributed by atoms with E-state index in [1.165, 1.54) is 43.5 Å². The summed E-state index contributed by atoms with van der Waals surface area (Å²) < 4.78 is 35.9. The lowest BCUT2D eigenvalue weighted by Gasteiger charge is -2.13. The molecule has 1 heterocycles. The maximum Gasteiger partial charge on any atom is 0.346 e. The quantitative estimate of drug-likeness (QED) is 0.151. The number of nitrogens with zero attached hydrogens (tertiary/aromatic N) is 2. The van der Waals surface area contributed by atoms with Crippen LogP contribution >= 0.6 is 11.8 Å². The number of anilines is 1. The van der Waals surface area contributed by atoms with E-state index in [2.05, 4.69) is 5.32 Å². The Kier molecular flexibility index (Phi) is 8.74. The third-order valence-electron chi connectivity index (χ3n) is 5.84. The van der Waals surface area contributed by atoms with E-state index in [-0.39, 0.29) is 16.4 Å². The maximum atomic E-state index is 12.9. The predicted octanol–water partition coefficient (Wildman–Crippen LogP) is 4.61. The normalized spacial score (nSPS) is 14.3. The van der Waals surface area contributed by atoms with E-state index in [1.807, 2.05) is 19.1 Å². The molecule has 3 amide bonds. The number of rotatable bonds is 10. The number of thioether (sulfide) groups is 1. The van der Waals surface area contributed by atoms with Gasteiger partial charge in [-0.3, -0.25) is 29.4 Å². The summed E-state index contributed by atoms with van der Waals surface area (Å²) in [6, 6.07) is 16.0. The summed E-state index contributed by atoms with van der Waals surface area (Å²) in [5.74, 6) is -1.51. The van der Waals surface area contributed by atoms with E-state index in [0.717, 1.165) is 29.0 Å². The van der Waals surface area contributed by atoms with Crippen LogP contribution in [0.2, 0.25) is 0 Å². The van der Waals surface area contributed by atoms with Gasteiger partial charge in [0.2, 0.25) is 5.91 Å². The van der Waals surface area contributed by atoms with E-state index < -0.39 is 49.2 Å². The summed E-state index contributed by atoms with van der Waals surface area (Å²) in [5.41, 5.74) is 1.34. The molecule has 0 aromatic heterocycles. The zero-order chi connectivity index (χ0) is 29.7. The van der Waals surface area contributed by atoms with Crippen molar-refractivity contribution in [3.05, 3.63) is 92.9 Å². The van der Waals surface area contributed by atoms with Gasteiger partial charge in [-0.05, 0) is 65.7 Å². The van der Waals surface area contributed by atoms with Crippen molar-refractivity contribution in [2.24, 2.45) is 0 Å². The fraction of sp³-hybridized carbons (Fsp3) is 0.148. The van der Waals surface area contributed by atoms with Crippen LogP contribution in [0.3, 0.4) is 0 Å². The molecule has 1 aliphatic rings. The number of nitro groups is 1. The minimum absolute atomic E-state index is 0.0401. The largest absolute Gasteiger partial charge is 0.493 e. The molecule has 12 nitrogen and oxygen atoms in total. The highest BCUT2D eigenvalue weighted by Gasteiger charge is 2.36. The standard InChI is InChI=1S/C27H23N3O9S2/c1-3-17-8-11-19(12-9-17)28-25(31)16-29-26(32)23(40-27(29)33)15-18-10-13-21(22(14-18)38-2)39-41(36,37)24-7-5-4-6-20(24)30(34)35/h4-15H,3,16H2,1-2H3,(H,28,31)/b23-15-. The molecule has 14 heteroatoms. The highest BCUT2D eigenvalue weighted by atomic mass is 32.2. The molecule has 41 heavy (non-hydrogen) atoms. The van der Waals surface area contributed by atoms with E-state index in [9.17, 15) is 32.9 Å². The van der Waals surface area contributed by atoms with E-state index >= 15 is 0 Å². The molecule has 1 aliphatic heterocycles. The van der Waals surface area contributed by atoms with Gasteiger partial charge in [0.15, 0.2) is 16.4 Å². The minimum atomic E-state index is -4.60. The number of carbonyl (C=O) groups is 3. The van der Waals surface area contributed by atoms with Crippen molar-refractivity contribution >= 4 is 56.4 Å². The number of hydrogen-bond acceptors (Lipinski definition) is 10. The number of imide groups is 1. The Labute approximate surface area is 239 Å². The van der Waals surface area contributed by atoms with Gasteiger partial charge in [-0.25, -0.2) is 0 Å². The summed E-state index contributed by atoms with van der Waals surface area (Å²) in [6.45, 7) is 1.53. The smallest absolute Gasteiger partial charge is 0.346 e. The highest BCUT2D eigenvalue weighted by molar-refractivity contribution is 8.18. The van der Waals surface area contributed by atoms with Crippen molar-refractivity contribution in [3.63, 3.8) is 0 Å². The van der Waals surface area contributed by atoms with Gasteiger partial charge in [0.25, 0.3) is 16.8 Å². The number of nitrogens with one attached hydrogen (secondary N) is 1. The second-order valence-electron chi connectivity index (χ2n) is 8.54. The molecular formula is C27H23N3O9S2. The van der Waals surface area contributed by atoms with E-state index in [0.29, 0.717) is 23.0 Å². The van der Waals surface area contributed by atoms with Crippen molar-refractivity contribution in [1.29, 1.82) is 0 Å². The summed E-state index contributed by atoms with van der Waals surface area (Å²) >= 11 is 0.646. The van der Waals surface area contributed by atoms with Gasteiger partial charge >= 0.3 is 10.1 Å². The first-order valence-corrected chi connectivity index (χ1v) is 14.2. The average molecular weight is 598 g/mol. The number of nitro benzene ring substituents is 1. The maximum absolute atomic E-state index is 12.9. The lowest BCUT2D eigenvalue weighted by molar-refractivity contribution is -0.387. The number of aryl methyl sites for hydroxylation is 1. The minimum Gasteiger partial charge on any atom is -0.493 e. The molecular weight excluding hydrogens is 574 g/mol. The monoisotopic (exact) mass is 597 g/mol. The lowest BCUT2D eigenvalue weighted by atomic mass is 10.1. The number of methoxy groups -OCH3 is 1. The van der Waals surface area contributed by atoms with Crippen LogP contribution in [0.25, 0.3) is 6.08 Å². The number of hydrogen-bond donors (Lipinski definition) is 1. The first-order chi connectivity index (χ1) is 19.5. The Hall–Kier alpha value is -4.69. The van der Waals surface area contributed by atoms with Crippen LogP contribution in [0.4, 0.5) is 16.2 Å². The summed E-state index contributed by atoms with van der Waals surface area (Å²) in [5, 5.41) is 13.3. The summed E-state index contributed by atoms with van der Waals surface area (Å²) in [7, 11) is -3.35. The SMILES string of the molecule is CCc1ccc(NC(=O)CN2C(=O)S/C(=C\c3ccc(OS(=O)(=O)c4ccccc4[N+](=O)[O-])c(OC)c3)C2=O)cc1. The number of ether oxygens (including phenoxy) is 1. The molecule has 0 atom stereocenters. The summed E-state index contributed by atoms with van der Waals surface area (Å²) in [4.78, 5) is 48.5. The molecule has 1 fully saturated rings. The van der Waals surface area contributed by atoms with E-state index in [1.54, 1.807) is 12.1 Å². The van der Waals surface area contributed by atoms with Crippen molar-refractivity contribution in [3.8, 4) is 11.5 Å². The second-order valence-corrected chi connectivity index (χ2v) is 11.0. The molecule has 3 aromatic rings. The number of carbonyl (C=O) groups excluding carboxylic acids is 3. The third-order valence-corrected chi connectivity index (χ3v) is 8.03. The molecule has 0 spiro atoms. The predicted molar refractivity (Wildman–Crippen MR) is 151 cm³/mol. The number of para-hydroxylation sites is 1. The molecule has 0 bridgehead atoms. The van der Waals surface area contributed by atoms with Crippen LogP contribution in [0, 0.1) is 10.1 Å². The summed E-state index contributed by atoms with van der Waals surface area (Å²) in [6.07, 6.45) is 2.23. The molecule has 212 valence electrons. The van der Waals surface area contributed by atoms with E-state index in [4.69, 9.17) is 8.92 Å². The van der Waals surface area contributed by atoms with Crippen LogP contribution in [-0.4, -0.2) is 48.9 Å². The molecule has 0 unspecified atom stereocenters. The van der Waals surface area contributed by atoms with Crippen molar-refractivity contribution < 1.29 is 36.6 Å². The second kappa shape index (κ2) is 12.2. The molecule has 3 aromatic carbocycles. The molecule has 0 aliphatic carbocycles. The highest BCUT2D eigenvalue weighted by Crippen LogP contribution is 2.36. The van der Waals surface area contributed by atoms with Gasteiger partial charge in [-0.1, -0.05) is 37.3 Å². The van der Waals surface area contributed by atoms with Crippen molar-refractivity contribution in [2.45, 2.75) is 18.2 Å². The topological polar surface area (TPSA) is 162 Å². The number of benzene rings is 3. The Bertz CT molecular complexity index is 1670. The van der Waals surface area contributed by atoms with Gasteiger partial charge in [-0.15, -0.1) is 0 Å². The van der Waals surface area contributed by atoms with Crippen LogP contribution in [-0.2, 0) is 26.1 Å². The van der Waals surface area contributed by atoms with Gasteiger partial charge < -0.3 is 14.2 Å². The van der Waals surface area contributed by atoms with Gasteiger partial charge in [0, 0.05) is 11.8 Å². The van der Waals surface area contributed by atoms with Crippen molar-refractivity contribution in [2.75, 3.05) is 19.0 Å². The van der Waals surface area contributed by atoms with Gasteiger partial charge in [0.1, 0.15) is 6.54 Å². The Morgan fingerprint density at radius 2 is 1.78 bits per heavy atom. The first-order valence-electron chi connectivity index (χ1n) is 12.0. The molecule has 4 rings (SSSR count). The molecule has 1 N–H and O–H groups in total. The van der Waals surface area contributed by atoms with Gasteiger partial charge in [-0.2, -0.15) is 8.42 Å². The number of amides is 3. The first kappa shape index (κ1) is 29.3. The lowest BCUT2D eigenvalue weighted by Crippen LogP contribution is -2.36. The Morgan fingerprint density at radius 1 is 1.07 bits per heavy atom. The fourth-order valence-corrected chi connectivity index (χ4v) is 5.73. The zero-order valence-corrected chi connectivity index (χ0v) is 23.4. The molecule has 0 saturated carbocycles. The Morgan fingerprint density at radius 3 is 2.44 bits per heavy atom. The average Bonchev–Trinajstić information content (AvgIpc) is 3.21. The van der Waals surface area contributed by atoms with Gasteiger partial charge in [0.05, 0.1) is 16.9 Å². The van der Waals surface area contributed by atoms with Crippen LogP contribution in [0.1, 0.15) is 18.1 Å². The van der Waals surface area contributed by atoms with Crippen LogP contribution < -0.4 is 14.2 Å². The molecule has 1 saturated heterocycles.